The number of nitrogens with zero attached hydrogens (tertiary/aromatic N) is 1. The molecule has 0 heterocycles. The molecule has 0 aromatic carbocycles. The molecule has 0 amide bonds. The number of carboxylic acids is 1. The number of hydrogen-bond donors (Lipinski definition) is 1. The van der Waals surface area contributed by atoms with Crippen LogP contribution < -0.4 is 0 Å². The van der Waals surface area contributed by atoms with Crippen LogP contribution in [0.4, 0.5) is 0 Å². The monoisotopic (exact) mass is 213 g/mol. The molecule has 1 N–H and O–H groups in total. The molecule has 3 nitrogen and oxygen atoms in total. The minimum absolute atomic E-state index is 0.269. The normalized spacial score (nSPS) is 22.5. The van der Waals surface area contributed by atoms with Crippen LogP contribution in [-0.4, -0.2) is 35.1 Å². The van der Waals surface area contributed by atoms with Crippen molar-refractivity contribution in [3.8, 4) is 0 Å². The Morgan fingerprint density at radius 3 is 2.33 bits per heavy atom. The van der Waals surface area contributed by atoms with E-state index in [1.54, 1.807) is 6.92 Å². The van der Waals surface area contributed by atoms with Crippen molar-refractivity contribution in [2.45, 2.75) is 46.6 Å². The molecule has 0 aromatic heterocycles. The summed E-state index contributed by atoms with van der Waals surface area (Å²) in [7, 11) is 0. The number of aliphatic carboxylic acids is 1. The van der Waals surface area contributed by atoms with Crippen molar-refractivity contribution in [2.24, 2.45) is 11.3 Å². The van der Waals surface area contributed by atoms with Crippen molar-refractivity contribution < 1.29 is 9.90 Å². The van der Waals surface area contributed by atoms with Gasteiger partial charge in [0, 0.05) is 12.6 Å². The summed E-state index contributed by atoms with van der Waals surface area (Å²) in [5.41, 5.74) is 0.439. The third kappa shape index (κ3) is 2.94. The first-order chi connectivity index (χ1) is 6.90. The first-order valence-corrected chi connectivity index (χ1v) is 5.87. The lowest BCUT2D eigenvalue weighted by Gasteiger charge is -2.33. The van der Waals surface area contributed by atoms with Gasteiger partial charge in [0.25, 0.3) is 0 Å². The van der Waals surface area contributed by atoms with Crippen molar-refractivity contribution in [3.63, 3.8) is 0 Å². The van der Waals surface area contributed by atoms with Crippen LogP contribution in [0.15, 0.2) is 0 Å². The van der Waals surface area contributed by atoms with Gasteiger partial charge in [-0.05, 0) is 31.7 Å². The Hall–Kier alpha value is -0.570. The molecule has 0 saturated heterocycles. The number of carboxylic acid groups (broad SMARTS) is 1. The second-order valence-electron chi connectivity index (χ2n) is 5.16. The Morgan fingerprint density at radius 2 is 2.00 bits per heavy atom. The van der Waals surface area contributed by atoms with Gasteiger partial charge in [-0.15, -0.1) is 0 Å². The molecule has 0 aliphatic heterocycles. The average molecular weight is 213 g/mol. The molecular formula is C12H23NO2. The second-order valence-corrected chi connectivity index (χ2v) is 5.16. The fourth-order valence-electron chi connectivity index (χ4n) is 2.05. The lowest BCUT2D eigenvalue weighted by Crippen LogP contribution is -2.42. The molecule has 88 valence electrons. The van der Waals surface area contributed by atoms with Crippen LogP contribution >= 0.6 is 0 Å². The Balaban J connectivity index is 2.51. The molecule has 15 heavy (non-hydrogen) atoms. The van der Waals surface area contributed by atoms with E-state index >= 15 is 0 Å². The summed E-state index contributed by atoms with van der Waals surface area (Å²) in [4.78, 5) is 13.1. The van der Waals surface area contributed by atoms with Crippen LogP contribution in [0.25, 0.3) is 0 Å². The van der Waals surface area contributed by atoms with E-state index < -0.39 is 5.97 Å². The highest BCUT2D eigenvalue weighted by Gasteiger charge is 2.44. The molecule has 2 unspecified atom stereocenters. The second kappa shape index (κ2) is 4.52. The van der Waals surface area contributed by atoms with Gasteiger partial charge in [0.1, 0.15) is 0 Å². The highest BCUT2D eigenvalue weighted by molar-refractivity contribution is 5.69. The summed E-state index contributed by atoms with van der Waals surface area (Å²) < 4.78 is 0. The van der Waals surface area contributed by atoms with E-state index in [-0.39, 0.29) is 5.92 Å². The van der Waals surface area contributed by atoms with E-state index in [0.29, 0.717) is 18.0 Å². The lowest BCUT2D eigenvalue weighted by molar-refractivity contribution is -0.142. The minimum atomic E-state index is -0.693. The molecule has 0 aromatic rings. The SMILES string of the molecule is CCN(CC(C)C(=O)O)C(C)C1(C)CC1. The molecular weight excluding hydrogens is 190 g/mol. The van der Waals surface area contributed by atoms with Crippen molar-refractivity contribution in [1.82, 2.24) is 4.90 Å². The predicted octanol–water partition coefficient (Wildman–Crippen LogP) is 2.22. The Kier molecular flexibility index (Phi) is 3.77. The summed E-state index contributed by atoms with van der Waals surface area (Å²) in [6.45, 7) is 10.0. The molecule has 1 aliphatic carbocycles. The molecule has 1 saturated carbocycles. The van der Waals surface area contributed by atoms with E-state index in [2.05, 4.69) is 25.7 Å². The maximum absolute atomic E-state index is 10.8. The minimum Gasteiger partial charge on any atom is -0.481 e. The van der Waals surface area contributed by atoms with Gasteiger partial charge < -0.3 is 5.11 Å². The first-order valence-electron chi connectivity index (χ1n) is 5.87. The van der Waals surface area contributed by atoms with E-state index in [1.807, 2.05) is 0 Å². The van der Waals surface area contributed by atoms with Crippen molar-refractivity contribution >= 4 is 5.97 Å². The summed E-state index contributed by atoms with van der Waals surface area (Å²) in [6, 6.07) is 0.504. The lowest BCUT2D eigenvalue weighted by atomic mass is 9.98. The van der Waals surface area contributed by atoms with Gasteiger partial charge in [-0.3, -0.25) is 9.69 Å². The highest BCUT2D eigenvalue weighted by atomic mass is 16.4. The molecule has 0 radical (unpaired) electrons. The van der Waals surface area contributed by atoms with Gasteiger partial charge in [0.15, 0.2) is 0 Å². The Morgan fingerprint density at radius 1 is 1.47 bits per heavy atom. The molecule has 1 aliphatic rings. The summed E-state index contributed by atoms with van der Waals surface area (Å²) in [6.07, 6.45) is 2.57. The quantitative estimate of drug-likeness (QED) is 0.735. The zero-order valence-electron chi connectivity index (χ0n) is 10.3. The third-order valence-electron chi connectivity index (χ3n) is 3.93. The Labute approximate surface area is 92.5 Å². The van der Waals surface area contributed by atoms with Crippen LogP contribution in [0.1, 0.15) is 40.5 Å². The number of carbonyl (C=O) groups is 1. The van der Waals surface area contributed by atoms with Crippen molar-refractivity contribution in [1.29, 1.82) is 0 Å². The zero-order chi connectivity index (χ0) is 11.6. The van der Waals surface area contributed by atoms with Crippen LogP contribution in [0.3, 0.4) is 0 Å². The molecule has 0 bridgehead atoms. The first kappa shape index (κ1) is 12.5. The molecule has 1 fully saturated rings. The maximum atomic E-state index is 10.8. The zero-order valence-corrected chi connectivity index (χ0v) is 10.3. The van der Waals surface area contributed by atoms with Gasteiger partial charge in [-0.2, -0.15) is 0 Å². The Bertz CT molecular complexity index is 236. The summed E-state index contributed by atoms with van der Waals surface area (Å²) >= 11 is 0. The van der Waals surface area contributed by atoms with Crippen molar-refractivity contribution in [3.05, 3.63) is 0 Å². The number of hydrogen-bond acceptors (Lipinski definition) is 2. The van der Waals surface area contributed by atoms with E-state index in [4.69, 9.17) is 5.11 Å². The van der Waals surface area contributed by atoms with E-state index in [0.717, 1.165) is 6.54 Å². The average Bonchev–Trinajstić information content (AvgIpc) is 2.92. The predicted molar refractivity (Wildman–Crippen MR) is 60.8 cm³/mol. The fraction of sp³-hybridized carbons (Fsp3) is 0.917. The van der Waals surface area contributed by atoms with Gasteiger partial charge in [-0.25, -0.2) is 0 Å². The molecule has 0 spiro atoms. The van der Waals surface area contributed by atoms with E-state index in [9.17, 15) is 4.79 Å². The smallest absolute Gasteiger partial charge is 0.307 e. The standard InChI is InChI=1S/C12H23NO2/c1-5-13(8-9(2)11(14)15)10(3)12(4)6-7-12/h9-10H,5-8H2,1-4H3,(H,14,15). The molecule has 3 heteroatoms. The van der Waals surface area contributed by atoms with Gasteiger partial charge in [0.05, 0.1) is 5.92 Å². The highest BCUT2D eigenvalue weighted by Crippen LogP contribution is 2.49. The maximum Gasteiger partial charge on any atom is 0.307 e. The summed E-state index contributed by atoms with van der Waals surface area (Å²) in [5, 5.41) is 8.90. The van der Waals surface area contributed by atoms with Crippen LogP contribution in [0.5, 0.6) is 0 Å². The van der Waals surface area contributed by atoms with Gasteiger partial charge >= 0.3 is 5.97 Å². The topological polar surface area (TPSA) is 40.5 Å². The molecule has 1 rings (SSSR count). The number of rotatable bonds is 6. The van der Waals surface area contributed by atoms with E-state index in [1.165, 1.54) is 12.8 Å². The van der Waals surface area contributed by atoms with Gasteiger partial charge in [0.2, 0.25) is 0 Å². The summed E-state index contributed by atoms with van der Waals surface area (Å²) in [5.74, 6) is -0.962. The largest absolute Gasteiger partial charge is 0.481 e. The molecule has 2 atom stereocenters. The fourth-order valence-corrected chi connectivity index (χ4v) is 2.05. The van der Waals surface area contributed by atoms with Crippen LogP contribution in [-0.2, 0) is 4.79 Å². The van der Waals surface area contributed by atoms with Crippen LogP contribution in [0, 0.1) is 11.3 Å². The van der Waals surface area contributed by atoms with Crippen LogP contribution in [0.2, 0.25) is 0 Å². The third-order valence-corrected chi connectivity index (χ3v) is 3.93. The van der Waals surface area contributed by atoms with Crippen molar-refractivity contribution in [2.75, 3.05) is 13.1 Å². The van der Waals surface area contributed by atoms with Gasteiger partial charge in [-0.1, -0.05) is 20.8 Å².